The van der Waals surface area contributed by atoms with E-state index in [4.69, 9.17) is 4.74 Å². The van der Waals surface area contributed by atoms with E-state index in [1.165, 1.54) is 38.5 Å². The maximum atomic E-state index is 9.33. The van der Waals surface area contributed by atoms with Crippen molar-refractivity contribution in [1.82, 2.24) is 10.2 Å². The Bertz CT molecular complexity index is 251. The van der Waals surface area contributed by atoms with Crippen LogP contribution in [0.15, 0.2) is 0 Å². The van der Waals surface area contributed by atoms with Gasteiger partial charge in [0.15, 0.2) is 0 Å². The van der Waals surface area contributed by atoms with Crippen LogP contribution in [0.1, 0.15) is 52.4 Å². The molecule has 0 aromatic carbocycles. The Morgan fingerprint density at radius 2 is 1.81 bits per heavy atom. The van der Waals surface area contributed by atoms with E-state index in [0.717, 1.165) is 32.8 Å². The summed E-state index contributed by atoms with van der Waals surface area (Å²) in [6.07, 6.45) is 8.06. The smallest absolute Gasteiger partial charge is 0.0589 e. The van der Waals surface area contributed by atoms with Crippen LogP contribution in [-0.4, -0.2) is 62.6 Å². The predicted molar refractivity (Wildman–Crippen MR) is 88.7 cm³/mol. The summed E-state index contributed by atoms with van der Waals surface area (Å²) in [4.78, 5) is 2.39. The highest BCUT2D eigenvalue weighted by Gasteiger charge is 2.32. The Hall–Kier alpha value is -0.160. The Balaban J connectivity index is 2.67. The van der Waals surface area contributed by atoms with Gasteiger partial charge in [-0.2, -0.15) is 0 Å². The minimum Gasteiger partial charge on any atom is -0.395 e. The van der Waals surface area contributed by atoms with Crippen LogP contribution in [0, 0.1) is 5.41 Å². The average Bonchev–Trinajstić information content (AvgIpc) is 2.69. The van der Waals surface area contributed by atoms with Crippen molar-refractivity contribution in [3.63, 3.8) is 0 Å². The lowest BCUT2D eigenvalue weighted by molar-refractivity contribution is 0.0793. The summed E-state index contributed by atoms with van der Waals surface area (Å²) in [6.45, 7) is 9.27. The number of ether oxygens (including phenoxy) is 1. The van der Waals surface area contributed by atoms with Crippen molar-refractivity contribution in [3.8, 4) is 0 Å². The predicted octanol–water partition coefficient (Wildman–Crippen LogP) is 2.27. The highest BCUT2D eigenvalue weighted by molar-refractivity contribution is 4.87. The fraction of sp³-hybridized carbons (Fsp3) is 1.00. The van der Waals surface area contributed by atoms with Crippen LogP contribution < -0.4 is 5.32 Å². The molecule has 126 valence electrons. The van der Waals surface area contributed by atoms with Crippen LogP contribution in [0.4, 0.5) is 0 Å². The zero-order chi connectivity index (χ0) is 15.6. The van der Waals surface area contributed by atoms with Crippen molar-refractivity contribution in [3.05, 3.63) is 0 Å². The molecule has 0 aromatic heterocycles. The third kappa shape index (κ3) is 7.59. The zero-order valence-electron chi connectivity index (χ0n) is 14.4. The average molecular weight is 300 g/mol. The molecule has 1 aliphatic rings. The lowest BCUT2D eigenvalue weighted by atomic mass is 9.79. The second-order valence-electron chi connectivity index (χ2n) is 6.94. The molecule has 0 saturated heterocycles. The molecule has 0 amide bonds. The van der Waals surface area contributed by atoms with Crippen molar-refractivity contribution in [2.75, 3.05) is 46.5 Å². The summed E-state index contributed by atoms with van der Waals surface area (Å²) in [5.74, 6) is 0. The lowest BCUT2D eigenvalue weighted by Crippen LogP contribution is -2.47. The van der Waals surface area contributed by atoms with Gasteiger partial charge in [0, 0.05) is 39.3 Å². The molecule has 0 aromatic rings. The number of methoxy groups -OCH3 is 1. The fourth-order valence-corrected chi connectivity index (χ4v) is 3.40. The number of hydrogen-bond acceptors (Lipinski definition) is 4. The number of rotatable bonds is 10. The fourth-order valence-electron chi connectivity index (χ4n) is 3.40. The van der Waals surface area contributed by atoms with Gasteiger partial charge in [-0.15, -0.1) is 0 Å². The molecule has 0 spiro atoms. The second kappa shape index (κ2) is 10.5. The Kier molecular flexibility index (Phi) is 9.49. The van der Waals surface area contributed by atoms with Gasteiger partial charge >= 0.3 is 0 Å². The molecule has 2 N–H and O–H groups in total. The van der Waals surface area contributed by atoms with E-state index < -0.39 is 0 Å². The summed E-state index contributed by atoms with van der Waals surface area (Å²) in [5.41, 5.74) is 0.365. The van der Waals surface area contributed by atoms with Crippen molar-refractivity contribution in [2.45, 2.75) is 58.4 Å². The summed E-state index contributed by atoms with van der Waals surface area (Å²) in [5, 5.41) is 13.0. The molecule has 1 aliphatic carbocycles. The number of aliphatic hydroxyl groups is 1. The quantitative estimate of drug-likeness (QED) is 0.608. The van der Waals surface area contributed by atoms with E-state index in [1.807, 2.05) is 0 Å². The van der Waals surface area contributed by atoms with Gasteiger partial charge in [0.05, 0.1) is 13.2 Å². The van der Waals surface area contributed by atoms with Crippen LogP contribution in [0.25, 0.3) is 0 Å². The molecule has 21 heavy (non-hydrogen) atoms. The van der Waals surface area contributed by atoms with Crippen LogP contribution in [-0.2, 0) is 4.74 Å². The van der Waals surface area contributed by atoms with E-state index >= 15 is 0 Å². The van der Waals surface area contributed by atoms with Crippen molar-refractivity contribution >= 4 is 0 Å². The molecule has 0 bridgehead atoms. The molecule has 1 rings (SSSR count). The van der Waals surface area contributed by atoms with Crippen LogP contribution in [0.5, 0.6) is 0 Å². The minimum atomic E-state index is 0.234. The molecule has 0 unspecified atom stereocenters. The van der Waals surface area contributed by atoms with Crippen LogP contribution in [0.3, 0.4) is 0 Å². The minimum absolute atomic E-state index is 0.234. The topological polar surface area (TPSA) is 44.7 Å². The first-order valence-corrected chi connectivity index (χ1v) is 8.67. The lowest BCUT2D eigenvalue weighted by Gasteiger charge is -2.39. The number of hydrogen-bond donors (Lipinski definition) is 2. The Morgan fingerprint density at radius 3 is 2.33 bits per heavy atom. The molecular weight excluding hydrogens is 264 g/mol. The normalized spacial score (nSPS) is 19.1. The monoisotopic (exact) mass is 300 g/mol. The third-order valence-corrected chi connectivity index (χ3v) is 4.64. The molecule has 0 radical (unpaired) electrons. The maximum absolute atomic E-state index is 9.33. The Morgan fingerprint density at radius 1 is 1.14 bits per heavy atom. The van der Waals surface area contributed by atoms with E-state index in [-0.39, 0.29) is 6.61 Å². The number of aliphatic hydroxyl groups excluding tert-OH is 1. The summed E-state index contributed by atoms with van der Waals surface area (Å²) >= 11 is 0. The van der Waals surface area contributed by atoms with Crippen molar-refractivity contribution in [2.24, 2.45) is 5.41 Å². The van der Waals surface area contributed by atoms with E-state index in [1.54, 1.807) is 7.11 Å². The van der Waals surface area contributed by atoms with E-state index in [9.17, 15) is 5.11 Å². The molecule has 4 nitrogen and oxygen atoms in total. The van der Waals surface area contributed by atoms with Crippen molar-refractivity contribution < 1.29 is 9.84 Å². The standard InChI is InChI=1S/C17H36N2O2/c1-16(2)18-14-17(8-6-4-5-7-9-17)15-19(10-12-20)11-13-21-3/h16,18,20H,4-15H2,1-3H3. The number of nitrogens with one attached hydrogen (secondary N) is 1. The number of nitrogens with zero attached hydrogens (tertiary/aromatic N) is 1. The van der Waals surface area contributed by atoms with Crippen molar-refractivity contribution in [1.29, 1.82) is 0 Å². The van der Waals surface area contributed by atoms with Gasteiger partial charge in [0.1, 0.15) is 0 Å². The zero-order valence-corrected chi connectivity index (χ0v) is 14.4. The molecule has 1 saturated carbocycles. The first-order chi connectivity index (χ1) is 10.1. The van der Waals surface area contributed by atoms with E-state index in [2.05, 4.69) is 24.1 Å². The third-order valence-electron chi connectivity index (χ3n) is 4.64. The molecular formula is C17H36N2O2. The Labute approximate surface area is 131 Å². The van der Waals surface area contributed by atoms with Gasteiger partial charge in [-0.3, -0.25) is 4.90 Å². The summed E-state index contributed by atoms with van der Waals surface area (Å²) < 4.78 is 5.22. The van der Waals surface area contributed by atoms with Gasteiger partial charge in [0.2, 0.25) is 0 Å². The summed E-state index contributed by atoms with van der Waals surface area (Å²) in [6, 6.07) is 0.537. The highest BCUT2D eigenvalue weighted by Crippen LogP contribution is 2.35. The SMILES string of the molecule is COCCN(CCO)CC1(CNC(C)C)CCCCCC1. The van der Waals surface area contributed by atoms with Gasteiger partial charge < -0.3 is 15.2 Å². The molecule has 0 atom stereocenters. The molecule has 4 heteroatoms. The maximum Gasteiger partial charge on any atom is 0.0589 e. The summed E-state index contributed by atoms with van der Waals surface area (Å²) in [7, 11) is 1.75. The van der Waals surface area contributed by atoms with Gasteiger partial charge in [0.25, 0.3) is 0 Å². The van der Waals surface area contributed by atoms with Gasteiger partial charge in [-0.05, 0) is 18.3 Å². The van der Waals surface area contributed by atoms with E-state index in [0.29, 0.717) is 11.5 Å². The first-order valence-electron chi connectivity index (χ1n) is 8.67. The largest absolute Gasteiger partial charge is 0.395 e. The molecule has 1 fully saturated rings. The van der Waals surface area contributed by atoms with Crippen LogP contribution in [0.2, 0.25) is 0 Å². The molecule has 0 heterocycles. The van der Waals surface area contributed by atoms with Gasteiger partial charge in [-0.25, -0.2) is 0 Å². The molecule has 0 aliphatic heterocycles. The second-order valence-corrected chi connectivity index (χ2v) is 6.94. The van der Waals surface area contributed by atoms with Crippen LogP contribution >= 0.6 is 0 Å². The van der Waals surface area contributed by atoms with Gasteiger partial charge in [-0.1, -0.05) is 39.5 Å². The highest BCUT2D eigenvalue weighted by atomic mass is 16.5. The first kappa shape index (κ1) is 18.9.